The van der Waals surface area contributed by atoms with Gasteiger partial charge in [0.1, 0.15) is 0 Å². The van der Waals surface area contributed by atoms with Gasteiger partial charge < -0.3 is 24.4 Å². The molecule has 0 saturated carbocycles. The van der Waals surface area contributed by atoms with Crippen LogP contribution in [-0.4, -0.2) is 75.3 Å². The molecule has 1 aromatic heterocycles. The Hall–Kier alpha value is -2.52. The van der Waals surface area contributed by atoms with Crippen LogP contribution in [0.5, 0.6) is 17.2 Å². The molecule has 1 fully saturated rings. The molecule has 0 radical (unpaired) electrons. The fourth-order valence-electron chi connectivity index (χ4n) is 3.83. The second-order valence-electron chi connectivity index (χ2n) is 7.44. The first kappa shape index (κ1) is 23.1. The number of guanidine groups is 1. The Labute approximate surface area is 188 Å². The van der Waals surface area contributed by atoms with Gasteiger partial charge in [-0.1, -0.05) is 0 Å². The molecule has 1 aliphatic rings. The van der Waals surface area contributed by atoms with Crippen molar-refractivity contribution in [3.05, 3.63) is 33.3 Å². The van der Waals surface area contributed by atoms with Gasteiger partial charge in [-0.25, -0.2) is 4.98 Å². The summed E-state index contributed by atoms with van der Waals surface area (Å²) in [6.45, 7) is 9.45. The van der Waals surface area contributed by atoms with Crippen LogP contribution in [0.3, 0.4) is 0 Å². The highest BCUT2D eigenvalue weighted by Crippen LogP contribution is 2.38. The number of rotatable bonds is 7. The van der Waals surface area contributed by atoms with Crippen molar-refractivity contribution in [1.82, 2.24) is 20.1 Å². The predicted octanol–water partition coefficient (Wildman–Crippen LogP) is 2.68. The Bertz CT molecular complexity index is 882. The zero-order valence-electron chi connectivity index (χ0n) is 19.3. The monoisotopic (exact) mass is 447 g/mol. The lowest BCUT2D eigenvalue weighted by molar-refractivity contribution is 0.172. The first-order chi connectivity index (χ1) is 15.0. The van der Waals surface area contributed by atoms with Crippen molar-refractivity contribution < 1.29 is 14.2 Å². The van der Waals surface area contributed by atoms with E-state index in [2.05, 4.69) is 32.0 Å². The van der Waals surface area contributed by atoms with Crippen molar-refractivity contribution in [3.63, 3.8) is 0 Å². The zero-order chi connectivity index (χ0) is 22.4. The third kappa shape index (κ3) is 5.59. The molecule has 0 unspecified atom stereocenters. The lowest BCUT2D eigenvalue weighted by Gasteiger charge is -2.36. The van der Waals surface area contributed by atoms with Crippen LogP contribution < -0.4 is 19.5 Å². The van der Waals surface area contributed by atoms with Crippen molar-refractivity contribution in [3.8, 4) is 17.2 Å². The third-order valence-corrected chi connectivity index (χ3v) is 6.49. The summed E-state index contributed by atoms with van der Waals surface area (Å²) in [5.41, 5.74) is 2.24. The van der Waals surface area contributed by atoms with Crippen LogP contribution in [0, 0.1) is 13.8 Å². The molecule has 170 valence electrons. The molecule has 31 heavy (non-hydrogen) atoms. The summed E-state index contributed by atoms with van der Waals surface area (Å²) in [5, 5.41) is 4.60. The number of thiazole rings is 1. The van der Waals surface area contributed by atoms with Crippen LogP contribution in [-0.2, 0) is 13.1 Å². The molecule has 3 rings (SSSR count). The van der Waals surface area contributed by atoms with E-state index < -0.39 is 0 Å². The summed E-state index contributed by atoms with van der Waals surface area (Å²) in [4.78, 5) is 15.0. The first-order valence-electron chi connectivity index (χ1n) is 10.4. The van der Waals surface area contributed by atoms with Crippen LogP contribution in [0.2, 0.25) is 0 Å². The van der Waals surface area contributed by atoms with Gasteiger partial charge in [-0.15, -0.1) is 11.3 Å². The van der Waals surface area contributed by atoms with Gasteiger partial charge in [0.15, 0.2) is 17.5 Å². The van der Waals surface area contributed by atoms with Gasteiger partial charge in [0.25, 0.3) is 0 Å². The number of benzene rings is 1. The normalized spacial score (nSPS) is 15.2. The summed E-state index contributed by atoms with van der Waals surface area (Å²) in [7, 11) is 6.76. The Morgan fingerprint density at radius 3 is 2.19 bits per heavy atom. The van der Waals surface area contributed by atoms with Gasteiger partial charge in [0.05, 0.1) is 38.6 Å². The zero-order valence-corrected chi connectivity index (χ0v) is 20.1. The molecule has 2 heterocycles. The molecule has 1 N–H and O–H groups in total. The number of hydrogen-bond acceptors (Lipinski definition) is 7. The minimum Gasteiger partial charge on any atom is -0.493 e. The molecule has 2 aromatic rings. The molecule has 0 spiro atoms. The van der Waals surface area contributed by atoms with Crippen LogP contribution in [0.25, 0.3) is 0 Å². The number of piperazine rings is 1. The van der Waals surface area contributed by atoms with Crippen molar-refractivity contribution in [2.45, 2.75) is 26.9 Å². The molecule has 9 heteroatoms. The van der Waals surface area contributed by atoms with Gasteiger partial charge in [0, 0.05) is 44.6 Å². The fourth-order valence-corrected chi connectivity index (χ4v) is 4.71. The highest BCUT2D eigenvalue weighted by molar-refractivity contribution is 7.11. The van der Waals surface area contributed by atoms with E-state index >= 15 is 0 Å². The van der Waals surface area contributed by atoms with Gasteiger partial charge in [0.2, 0.25) is 5.75 Å². The number of nitrogens with zero attached hydrogens (tertiary/aromatic N) is 4. The average Bonchev–Trinajstić information content (AvgIpc) is 3.11. The van der Waals surface area contributed by atoms with E-state index in [4.69, 9.17) is 14.2 Å². The summed E-state index contributed by atoms with van der Waals surface area (Å²) >= 11 is 1.74. The number of nitrogens with one attached hydrogen (secondary N) is 1. The number of aromatic nitrogens is 1. The molecule has 0 aliphatic carbocycles. The lowest BCUT2D eigenvalue weighted by atomic mass is 10.1. The Balaban J connectivity index is 1.57. The molecule has 0 bridgehead atoms. The number of aryl methyl sites for hydroxylation is 2. The predicted molar refractivity (Wildman–Crippen MR) is 125 cm³/mol. The van der Waals surface area contributed by atoms with E-state index in [1.807, 2.05) is 26.1 Å². The SMILES string of the molecule is CN=C(NCc1sc(C)nc1C)N1CCN(Cc2cc(OC)c(OC)c(OC)c2)CC1. The van der Waals surface area contributed by atoms with Crippen molar-refractivity contribution in [2.24, 2.45) is 4.99 Å². The molecular formula is C22H33N5O3S. The Kier molecular flexibility index (Phi) is 7.97. The van der Waals surface area contributed by atoms with E-state index in [-0.39, 0.29) is 0 Å². The first-order valence-corrected chi connectivity index (χ1v) is 11.2. The molecule has 0 amide bonds. The number of aliphatic imine (C=N–C) groups is 1. The lowest BCUT2D eigenvalue weighted by Crippen LogP contribution is -2.52. The minimum absolute atomic E-state index is 0.625. The highest BCUT2D eigenvalue weighted by atomic mass is 32.1. The topological polar surface area (TPSA) is 71.5 Å². The van der Waals surface area contributed by atoms with Crippen LogP contribution in [0.1, 0.15) is 21.1 Å². The van der Waals surface area contributed by atoms with Crippen molar-refractivity contribution in [2.75, 3.05) is 54.6 Å². The summed E-state index contributed by atoms with van der Waals surface area (Å²) in [6.07, 6.45) is 0. The van der Waals surface area contributed by atoms with E-state index in [0.29, 0.717) is 17.2 Å². The highest BCUT2D eigenvalue weighted by Gasteiger charge is 2.21. The summed E-state index contributed by atoms with van der Waals surface area (Å²) in [6, 6.07) is 4.04. The molecule has 0 atom stereocenters. The van der Waals surface area contributed by atoms with Gasteiger partial charge in [-0.05, 0) is 31.5 Å². The Morgan fingerprint density at radius 1 is 1.06 bits per heavy atom. The maximum atomic E-state index is 5.49. The maximum Gasteiger partial charge on any atom is 0.203 e. The smallest absolute Gasteiger partial charge is 0.203 e. The van der Waals surface area contributed by atoms with Gasteiger partial charge in [-0.3, -0.25) is 9.89 Å². The van der Waals surface area contributed by atoms with Crippen molar-refractivity contribution >= 4 is 17.3 Å². The standard InChI is InChI=1S/C22H33N5O3S/c1-15-20(31-16(2)25-15)13-24-22(23-3)27-9-7-26(8-10-27)14-17-11-18(28-4)21(30-6)19(12-17)29-5/h11-12H,7-10,13-14H2,1-6H3,(H,23,24). The van der Waals surface area contributed by atoms with Crippen LogP contribution in [0.15, 0.2) is 17.1 Å². The van der Waals surface area contributed by atoms with E-state index in [1.54, 1.807) is 32.7 Å². The summed E-state index contributed by atoms with van der Waals surface area (Å²) in [5.74, 6) is 2.94. The van der Waals surface area contributed by atoms with Crippen molar-refractivity contribution in [1.29, 1.82) is 0 Å². The molecule has 1 aliphatic heterocycles. The van der Waals surface area contributed by atoms with E-state index in [9.17, 15) is 0 Å². The van der Waals surface area contributed by atoms with E-state index in [1.165, 1.54) is 4.88 Å². The minimum atomic E-state index is 0.625. The van der Waals surface area contributed by atoms with Crippen LogP contribution in [0.4, 0.5) is 0 Å². The molecule has 8 nitrogen and oxygen atoms in total. The maximum absolute atomic E-state index is 5.49. The van der Waals surface area contributed by atoms with E-state index in [0.717, 1.165) is 61.5 Å². The third-order valence-electron chi connectivity index (χ3n) is 5.42. The quantitative estimate of drug-likeness (QED) is 0.517. The number of hydrogen-bond donors (Lipinski definition) is 1. The summed E-state index contributed by atoms with van der Waals surface area (Å²) < 4.78 is 16.4. The molecule has 1 aromatic carbocycles. The molecular weight excluding hydrogens is 414 g/mol. The Morgan fingerprint density at radius 2 is 1.71 bits per heavy atom. The number of ether oxygens (including phenoxy) is 3. The fraction of sp³-hybridized carbons (Fsp3) is 0.545. The second kappa shape index (κ2) is 10.7. The molecule has 1 saturated heterocycles. The van der Waals surface area contributed by atoms with Crippen LogP contribution >= 0.6 is 11.3 Å². The number of methoxy groups -OCH3 is 3. The largest absolute Gasteiger partial charge is 0.493 e. The average molecular weight is 448 g/mol. The second-order valence-corrected chi connectivity index (χ2v) is 8.73. The van der Waals surface area contributed by atoms with Gasteiger partial charge >= 0.3 is 0 Å². The van der Waals surface area contributed by atoms with Gasteiger partial charge in [-0.2, -0.15) is 0 Å².